The van der Waals surface area contributed by atoms with Crippen molar-refractivity contribution in [2.45, 2.75) is 18.8 Å². The summed E-state index contributed by atoms with van der Waals surface area (Å²) in [5, 5.41) is 8.46. The van der Waals surface area contributed by atoms with E-state index in [2.05, 4.69) is 0 Å². The van der Waals surface area contributed by atoms with E-state index in [9.17, 15) is 4.79 Å². The smallest absolute Gasteiger partial charge is 0.320 e. The van der Waals surface area contributed by atoms with Crippen molar-refractivity contribution in [3.05, 3.63) is 0 Å². The highest BCUT2D eigenvalue weighted by Crippen LogP contribution is 2.03. The summed E-state index contributed by atoms with van der Waals surface area (Å²) in [6.07, 6.45) is -0.0155. The highest BCUT2D eigenvalue weighted by atomic mass is 16.7. The van der Waals surface area contributed by atoms with E-state index in [0.29, 0.717) is 32.8 Å². The maximum Gasteiger partial charge on any atom is 0.320 e. The molecule has 0 saturated carbocycles. The van der Waals surface area contributed by atoms with Gasteiger partial charge in [-0.05, 0) is 6.42 Å². The number of ether oxygens (including phenoxy) is 3. The van der Waals surface area contributed by atoms with Crippen LogP contribution in [0.25, 0.3) is 0 Å². The molecule has 1 fully saturated rings. The molecule has 14 heavy (non-hydrogen) atoms. The lowest BCUT2D eigenvalue weighted by Crippen LogP contribution is -2.31. The molecule has 0 bridgehead atoms. The zero-order valence-corrected chi connectivity index (χ0v) is 7.85. The minimum atomic E-state index is -1.01. The van der Waals surface area contributed by atoms with Crippen molar-refractivity contribution < 1.29 is 24.1 Å². The molecule has 82 valence electrons. The fourth-order valence-electron chi connectivity index (χ4n) is 1.02. The lowest BCUT2D eigenvalue weighted by molar-refractivity contribution is -0.139. The van der Waals surface area contributed by atoms with E-state index in [1.54, 1.807) is 0 Å². The van der Waals surface area contributed by atoms with Crippen LogP contribution in [0.1, 0.15) is 6.42 Å². The molecular weight excluding hydrogens is 190 g/mol. The molecule has 0 aromatic heterocycles. The second-order valence-corrected chi connectivity index (χ2v) is 2.98. The summed E-state index contributed by atoms with van der Waals surface area (Å²) in [7, 11) is 0. The first-order chi connectivity index (χ1) is 6.70. The van der Waals surface area contributed by atoms with E-state index in [4.69, 9.17) is 25.1 Å². The molecule has 1 aliphatic rings. The van der Waals surface area contributed by atoms with Gasteiger partial charge in [-0.1, -0.05) is 0 Å². The minimum Gasteiger partial charge on any atom is -0.480 e. The van der Waals surface area contributed by atoms with Gasteiger partial charge in [-0.25, -0.2) is 0 Å². The monoisotopic (exact) mass is 205 g/mol. The summed E-state index contributed by atoms with van der Waals surface area (Å²) in [6, 6.07) is -0.861. The van der Waals surface area contributed by atoms with Crippen molar-refractivity contribution in [1.82, 2.24) is 0 Å². The summed E-state index contributed by atoms with van der Waals surface area (Å²) in [5.74, 6) is -1.01. The van der Waals surface area contributed by atoms with Gasteiger partial charge in [0.1, 0.15) is 6.04 Å². The first-order valence-corrected chi connectivity index (χ1v) is 4.49. The van der Waals surface area contributed by atoms with Crippen molar-refractivity contribution in [2.24, 2.45) is 5.73 Å². The van der Waals surface area contributed by atoms with Gasteiger partial charge in [-0.3, -0.25) is 4.79 Å². The highest BCUT2D eigenvalue weighted by molar-refractivity contribution is 5.72. The first kappa shape index (κ1) is 11.4. The van der Waals surface area contributed by atoms with Gasteiger partial charge in [-0.15, -0.1) is 0 Å². The number of hydrogen-bond acceptors (Lipinski definition) is 5. The Hall–Kier alpha value is -0.690. The number of nitrogens with two attached hydrogens (primary N) is 1. The highest BCUT2D eigenvalue weighted by Gasteiger charge is 2.16. The molecule has 6 heteroatoms. The second kappa shape index (κ2) is 5.92. The Morgan fingerprint density at radius 3 is 2.79 bits per heavy atom. The van der Waals surface area contributed by atoms with Crippen LogP contribution in [0.5, 0.6) is 0 Å². The standard InChI is InChI=1S/C8H15NO5/c9-6(8(10)11)1-2-12-5-7-13-3-4-14-7/h6-7H,1-5,9H2,(H,10,11). The molecule has 1 atom stereocenters. The molecule has 0 radical (unpaired) electrons. The summed E-state index contributed by atoms with van der Waals surface area (Å²) in [4.78, 5) is 10.3. The predicted octanol–water partition coefficient (Wildman–Crippen LogP) is -0.822. The Labute approximate surface area is 81.9 Å². The van der Waals surface area contributed by atoms with Crippen LogP contribution >= 0.6 is 0 Å². The topological polar surface area (TPSA) is 91.0 Å². The van der Waals surface area contributed by atoms with Crippen LogP contribution < -0.4 is 5.73 Å². The lowest BCUT2D eigenvalue weighted by atomic mass is 10.2. The average molecular weight is 205 g/mol. The van der Waals surface area contributed by atoms with E-state index in [-0.39, 0.29) is 6.29 Å². The predicted molar refractivity (Wildman–Crippen MR) is 46.7 cm³/mol. The van der Waals surface area contributed by atoms with Crippen molar-refractivity contribution in [1.29, 1.82) is 0 Å². The number of carboxylic acids is 1. The van der Waals surface area contributed by atoms with E-state index in [0.717, 1.165) is 0 Å². The number of carbonyl (C=O) groups is 1. The van der Waals surface area contributed by atoms with Crippen LogP contribution in [0.3, 0.4) is 0 Å². The molecule has 1 heterocycles. The molecule has 1 aliphatic heterocycles. The third-order valence-corrected chi connectivity index (χ3v) is 1.84. The average Bonchev–Trinajstić information content (AvgIpc) is 2.64. The molecule has 1 unspecified atom stereocenters. The van der Waals surface area contributed by atoms with Crippen LogP contribution in [-0.2, 0) is 19.0 Å². The molecule has 0 aliphatic carbocycles. The van der Waals surface area contributed by atoms with Gasteiger partial charge in [0.2, 0.25) is 0 Å². The molecule has 0 aromatic rings. The summed E-state index contributed by atoms with van der Waals surface area (Å²) >= 11 is 0. The third-order valence-electron chi connectivity index (χ3n) is 1.84. The summed E-state index contributed by atoms with van der Waals surface area (Å²) < 4.78 is 15.4. The lowest BCUT2D eigenvalue weighted by Gasteiger charge is -2.10. The molecule has 0 spiro atoms. The normalized spacial score (nSPS) is 19.8. The largest absolute Gasteiger partial charge is 0.480 e. The van der Waals surface area contributed by atoms with Crippen LogP contribution in [-0.4, -0.2) is 49.8 Å². The van der Waals surface area contributed by atoms with E-state index in [1.165, 1.54) is 0 Å². The molecule has 0 aromatic carbocycles. The third kappa shape index (κ3) is 4.01. The van der Waals surface area contributed by atoms with Gasteiger partial charge in [-0.2, -0.15) is 0 Å². The van der Waals surface area contributed by atoms with Gasteiger partial charge in [0.05, 0.1) is 19.8 Å². The first-order valence-electron chi connectivity index (χ1n) is 4.49. The van der Waals surface area contributed by atoms with E-state index < -0.39 is 12.0 Å². The maximum atomic E-state index is 10.3. The van der Waals surface area contributed by atoms with Crippen molar-refractivity contribution in [2.75, 3.05) is 26.4 Å². The minimum absolute atomic E-state index is 0.294. The number of carboxylic acid groups (broad SMARTS) is 1. The Bertz CT molecular complexity index is 181. The van der Waals surface area contributed by atoms with Gasteiger partial charge >= 0.3 is 5.97 Å². The zero-order valence-electron chi connectivity index (χ0n) is 7.85. The van der Waals surface area contributed by atoms with E-state index in [1.807, 2.05) is 0 Å². The van der Waals surface area contributed by atoms with Gasteiger partial charge < -0.3 is 25.1 Å². The van der Waals surface area contributed by atoms with Crippen molar-refractivity contribution in [3.8, 4) is 0 Å². The van der Waals surface area contributed by atoms with Crippen molar-refractivity contribution in [3.63, 3.8) is 0 Å². The zero-order chi connectivity index (χ0) is 10.4. The maximum absolute atomic E-state index is 10.3. The molecule has 6 nitrogen and oxygen atoms in total. The Morgan fingerprint density at radius 2 is 2.21 bits per heavy atom. The molecular formula is C8H15NO5. The van der Waals surface area contributed by atoms with Crippen LogP contribution in [0, 0.1) is 0 Å². The fraction of sp³-hybridized carbons (Fsp3) is 0.875. The fourth-order valence-corrected chi connectivity index (χ4v) is 1.02. The van der Waals surface area contributed by atoms with Gasteiger partial charge in [0, 0.05) is 6.61 Å². The molecule has 1 rings (SSSR count). The molecule has 3 N–H and O–H groups in total. The quantitative estimate of drug-likeness (QED) is 0.550. The Kier molecular flexibility index (Phi) is 4.81. The van der Waals surface area contributed by atoms with Crippen LogP contribution in [0.4, 0.5) is 0 Å². The second-order valence-electron chi connectivity index (χ2n) is 2.98. The van der Waals surface area contributed by atoms with Crippen LogP contribution in [0.2, 0.25) is 0 Å². The SMILES string of the molecule is NC(CCOCC1OCCO1)C(=O)O. The number of aliphatic carboxylic acids is 1. The van der Waals surface area contributed by atoms with Gasteiger partial charge in [0.15, 0.2) is 6.29 Å². The number of hydrogen-bond donors (Lipinski definition) is 2. The Morgan fingerprint density at radius 1 is 1.57 bits per heavy atom. The van der Waals surface area contributed by atoms with Crippen LogP contribution in [0.15, 0.2) is 0 Å². The Balaban J connectivity index is 1.95. The van der Waals surface area contributed by atoms with E-state index >= 15 is 0 Å². The number of rotatable bonds is 6. The molecule has 1 saturated heterocycles. The van der Waals surface area contributed by atoms with Crippen molar-refractivity contribution >= 4 is 5.97 Å². The van der Waals surface area contributed by atoms with Gasteiger partial charge in [0.25, 0.3) is 0 Å². The molecule has 0 amide bonds. The summed E-state index contributed by atoms with van der Waals surface area (Å²) in [6.45, 7) is 1.80. The summed E-state index contributed by atoms with van der Waals surface area (Å²) in [5.41, 5.74) is 5.27.